The number of benzene rings is 1. The lowest BCUT2D eigenvalue weighted by Gasteiger charge is -2.54. The second kappa shape index (κ2) is 6.84. The fourth-order valence-electron chi connectivity index (χ4n) is 3.57. The van der Waals surface area contributed by atoms with Crippen molar-refractivity contribution < 1.29 is 9.53 Å². The molecule has 3 rings (SSSR count). The van der Waals surface area contributed by atoms with Crippen LogP contribution in [0, 0.1) is 5.41 Å². The van der Waals surface area contributed by atoms with Gasteiger partial charge >= 0.3 is 0 Å². The van der Waals surface area contributed by atoms with E-state index in [0.29, 0.717) is 25.3 Å². The minimum Gasteiger partial charge on any atom is -0.383 e. The number of amides is 1. The Morgan fingerprint density at radius 3 is 2.56 bits per heavy atom. The van der Waals surface area contributed by atoms with Crippen molar-refractivity contribution in [2.75, 3.05) is 20.3 Å². The number of rotatable bonds is 5. The van der Waals surface area contributed by atoms with E-state index in [2.05, 4.69) is 26.0 Å². The van der Waals surface area contributed by atoms with Crippen LogP contribution in [0.25, 0.3) is 0 Å². The molecule has 1 aromatic heterocycles. The summed E-state index contributed by atoms with van der Waals surface area (Å²) < 4.78 is 6.55. The van der Waals surface area contributed by atoms with Crippen molar-refractivity contribution in [3.05, 3.63) is 70.1 Å². The molecule has 25 heavy (non-hydrogen) atoms. The molecule has 2 aromatic rings. The van der Waals surface area contributed by atoms with Gasteiger partial charge in [-0.05, 0) is 11.6 Å². The molecule has 1 aromatic carbocycles. The second-order valence-electron chi connectivity index (χ2n) is 7.18. The van der Waals surface area contributed by atoms with E-state index in [4.69, 9.17) is 4.74 Å². The Balaban J connectivity index is 1.87. The number of pyridine rings is 1. The van der Waals surface area contributed by atoms with Gasteiger partial charge in [-0.2, -0.15) is 0 Å². The second-order valence-corrected chi connectivity index (χ2v) is 7.18. The largest absolute Gasteiger partial charge is 0.383 e. The van der Waals surface area contributed by atoms with Crippen LogP contribution >= 0.6 is 0 Å². The third-order valence-electron chi connectivity index (χ3n) is 4.77. The number of hydrogen-bond acceptors (Lipinski definition) is 3. The molecular weight excluding hydrogens is 316 g/mol. The van der Waals surface area contributed by atoms with E-state index in [-0.39, 0.29) is 22.9 Å². The molecule has 2 heterocycles. The van der Waals surface area contributed by atoms with Gasteiger partial charge in [-0.25, -0.2) is 0 Å². The zero-order valence-electron chi connectivity index (χ0n) is 14.9. The summed E-state index contributed by atoms with van der Waals surface area (Å²) in [5.74, 6) is -0.0423. The number of likely N-dealkylation sites (tertiary alicyclic amines) is 1. The molecule has 0 unspecified atom stereocenters. The zero-order chi connectivity index (χ0) is 18.0. The molecule has 132 valence electrons. The van der Waals surface area contributed by atoms with Crippen LogP contribution in [0.5, 0.6) is 0 Å². The lowest BCUT2D eigenvalue weighted by Crippen LogP contribution is -2.57. The van der Waals surface area contributed by atoms with Gasteiger partial charge in [0.05, 0.1) is 18.2 Å². The van der Waals surface area contributed by atoms with Gasteiger partial charge in [0.1, 0.15) is 0 Å². The van der Waals surface area contributed by atoms with Crippen LogP contribution in [0.1, 0.15) is 35.8 Å². The number of aromatic nitrogens is 1. The molecular formula is C20H24N2O3. The molecule has 1 saturated heterocycles. The number of hydrogen-bond donors (Lipinski definition) is 0. The summed E-state index contributed by atoms with van der Waals surface area (Å²) in [6.07, 6.45) is 1.64. The summed E-state index contributed by atoms with van der Waals surface area (Å²) >= 11 is 0. The highest BCUT2D eigenvalue weighted by atomic mass is 16.5. The first-order valence-electron chi connectivity index (χ1n) is 8.49. The maximum Gasteiger partial charge on any atom is 0.255 e. The molecule has 0 N–H and O–H groups in total. The van der Waals surface area contributed by atoms with Gasteiger partial charge in [0, 0.05) is 37.9 Å². The van der Waals surface area contributed by atoms with Gasteiger partial charge in [-0.3, -0.25) is 9.59 Å². The van der Waals surface area contributed by atoms with E-state index in [0.717, 1.165) is 5.56 Å². The van der Waals surface area contributed by atoms with Gasteiger partial charge in [0.25, 0.3) is 11.5 Å². The van der Waals surface area contributed by atoms with Crippen molar-refractivity contribution in [1.29, 1.82) is 0 Å². The summed E-state index contributed by atoms with van der Waals surface area (Å²) in [5.41, 5.74) is 1.57. The molecule has 1 aliphatic rings. The molecule has 5 heteroatoms. The van der Waals surface area contributed by atoms with Gasteiger partial charge in [0.15, 0.2) is 0 Å². The van der Waals surface area contributed by atoms with Crippen molar-refractivity contribution >= 4 is 5.91 Å². The van der Waals surface area contributed by atoms with Crippen molar-refractivity contribution in [3.8, 4) is 0 Å². The van der Waals surface area contributed by atoms with Crippen LogP contribution < -0.4 is 5.56 Å². The lowest BCUT2D eigenvalue weighted by atomic mass is 9.71. The maximum absolute atomic E-state index is 13.0. The Morgan fingerprint density at radius 1 is 1.20 bits per heavy atom. The smallest absolute Gasteiger partial charge is 0.255 e. The van der Waals surface area contributed by atoms with E-state index in [9.17, 15) is 9.59 Å². The van der Waals surface area contributed by atoms with E-state index in [1.54, 1.807) is 19.4 Å². The lowest BCUT2D eigenvalue weighted by molar-refractivity contribution is -0.0323. The fourth-order valence-corrected chi connectivity index (χ4v) is 3.57. The summed E-state index contributed by atoms with van der Waals surface area (Å²) in [4.78, 5) is 26.8. The Kier molecular flexibility index (Phi) is 4.77. The minimum atomic E-state index is -0.128. The summed E-state index contributed by atoms with van der Waals surface area (Å²) in [6, 6.07) is 13.2. The van der Waals surface area contributed by atoms with E-state index in [1.807, 2.05) is 23.1 Å². The van der Waals surface area contributed by atoms with Crippen molar-refractivity contribution in [1.82, 2.24) is 9.47 Å². The summed E-state index contributed by atoms with van der Waals surface area (Å²) in [6.45, 7) is 5.91. The van der Waals surface area contributed by atoms with Gasteiger partial charge < -0.3 is 14.2 Å². The summed E-state index contributed by atoms with van der Waals surface area (Å²) in [7, 11) is 1.59. The van der Waals surface area contributed by atoms with Crippen LogP contribution in [0.4, 0.5) is 0 Å². The van der Waals surface area contributed by atoms with Gasteiger partial charge in [0.2, 0.25) is 0 Å². The van der Waals surface area contributed by atoms with Crippen molar-refractivity contribution in [2.24, 2.45) is 5.41 Å². The zero-order valence-corrected chi connectivity index (χ0v) is 14.9. The normalized spacial score (nSPS) is 18.7. The highest BCUT2D eigenvalue weighted by molar-refractivity contribution is 5.95. The average molecular weight is 340 g/mol. The van der Waals surface area contributed by atoms with Crippen LogP contribution in [0.2, 0.25) is 0 Å². The number of nitrogens with zero attached hydrogens (tertiary/aromatic N) is 2. The molecule has 0 spiro atoms. The molecule has 5 nitrogen and oxygen atoms in total. The first-order chi connectivity index (χ1) is 11.9. The Hall–Kier alpha value is -2.40. The predicted octanol–water partition coefficient (Wildman–Crippen LogP) is 2.72. The number of ether oxygens (including phenoxy) is 1. The molecule has 1 atom stereocenters. The Bertz CT molecular complexity index is 811. The number of carbonyl (C=O) groups excluding carboxylic acids is 1. The molecule has 0 aliphatic carbocycles. The minimum absolute atomic E-state index is 0.0293. The predicted molar refractivity (Wildman–Crippen MR) is 96.6 cm³/mol. The van der Waals surface area contributed by atoms with Crippen LogP contribution in [0.15, 0.2) is 53.5 Å². The third kappa shape index (κ3) is 3.37. The molecule has 1 amide bonds. The molecule has 0 radical (unpaired) electrons. The van der Waals surface area contributed by atoms with Gasteiger partial charge in [-0.1, -0.05) is 44.2 Å². The topological polar surface area (TPSA) is 51.5 Å². The first kappa shape index (κ1) is 17.4. The fraction of sp³-hybridized carbons (Fsp3) is 0.400. The summed E-state index contributed by atoms with van der Waals surface area (Å²) in [5, 5.41) is 0. The molecule has 1 fully saturated rings. The van der Waals surface area contributed by atoms with Crippen LogP contribution in [-0.4, -0.2) is 35.6 Å². The van der Waals surface area contributed by atoms with E-state index >= 15 is 0 Å². The third-order valence-corrected chi connectivity index (χ3v) is 4.77. The number of carbonyl (C=O) groups is 1. The van der Waals surface area contributed by atoms with Gasteiger partial charge in [-0.15, -0.1) is 0 Å². The first-order valence-corrected chi connectivity index (χ1v) is 8.49. The van der Waals surface area contributed by atoms with Crippen molar-refractivity contribution in [3.63, 3.8) is 0 Å². The highest BCUT2D eigenvalue weighted by Gasteiger charge is 2.48. The van der Waals surface area contributed by atoms with Crippen molar-refractivity contribution in [2.45, 2.75) is 26.4 Å². The Labute approximate surface area is 147 Å². The monoisotopic (exact) mass is 340 g/mol. The molecule has 0 bridgehead atoms. The quantitative estimate of drug-likeness (QED) is 0.841. The highest BCUT2D eigenvalue weighted by Crippen LogP contribution is 2.48. The molecule has 0 saturated carbocycles. The van der Waals surface area contributed by atoms with E-state index in [1.165, 1.54) is 10.6 Å². The van der Waals surface area contributed by atoms with Crippen LogP contribution in [-0.2, 0) is 11.3 Å². The SMILES string of the molecule is COCCn1cc(C(=O)N2CC(C)(C)[C@@H]2c2ccccc2)ccc1=O. The van der Waals surface area contributed by atoms with E-state index < -0.39 is 0 Å². The standard InChI is InChI=1S/C20H24N2O3/c1-20(2)14-22(18(20)15-7-5-4-6-8-15)19(24)16-9-10-17(23)21(13-16)11-12-25-3/h4-10,13,18H,11-12,14H2,1-3H3/t18-/m0/s1. The maximum atomic E-state index is 13.0. The Morgan fingerprint density at radius 2 is 1.92 bits per heavy atom. The number of methoxy groups -OCH3 is 1. The average Bonchev–Trinajstić information content (AvgIpc) is 2.59. The molecule has 1 aliphatic heterocycles. The van der Waals surface area contributed by atoms with Crippen LogP contribution in [0.3, 0.4) is 0 Å².